The van der Waals surface area contributed by atoms with Gasteiger partial charge in [-0.25, -0.2) is 0 Å². The molecule has 1 N–H and O–H groups in total. The zero-order valence-electron chi connectivity index (χ0n) is 8.48. The molecule has 0 unspecified atom stereocenters. The number of carbonyl (C=O) groups is 2. The third-order valence-corrected chi connectivity index (χ3v) is 3.11. The summed E-state index contributed by atoms with van der Waals surface area (Å²) < 4.78 is 0. The monoisotopic (exact) mass is 247 g/mol. The number of fused-ring (bicyclic) bond motifs is 3. The lowest BCUT2D eigenvalue weighted by Crippen LogP contribution is -2.25. The van der Waals surface area contributed by atoms with Crippen LogP contribution in [0.4, 0.5) is 0 Å². The SMILES string of the molecule is O=C1c2c(Cl)cc3ccccc3c2C(=O)N1O. The van der Waals surface area contributed by atoms with Crippen LogP contribution in [0.1, 0.15) is 20.7 Å². The average Bonchev–Trinajstić information content (AvgIpc) is 2.55. The second kappa shape index (κ2) is 3.29. The van der Waals surface area contributed by atoms with Crippen molar-refractivity contribution in [3.63, 3.8) is 0 Å². The number of imide groups is 1. The topological polar surface area (TPSA) is 57.6 Å². The number of rotatable bonds is 0. The highest BCUT2D eigenvalue weighted by Crippen LogP contribution is 2.34. The molecule has 2 aromatic carbocycles. The zero-order valence-corrected chi connectivity index (χ0v) is 9.23. The van der Waals surface area contributed by atoms with E-state index in [0.29, 0.717) is 5.39 Å². The fraction of sp³-hybridized carbons (Fsp3) is 0. The lowest BCUT2D eigenvalue weighted by atomic mass is 10.0. The molecular formula is C12H6ClNO3. The molecule has 5 heteroatoms. The Bertz CT molecular complexity index is 681. The van der Waals surface area contributed by atoms with Gasteiger partial charge in [0.1, 0.15) is 0 Å². The summed E-state index contributed by atoms with van der Waals surface area (Å²) in [5.41, 5.74) is 0.235. The summed E-state index contributed by atoms with van der Waals surface area (Å²) in [7, 11) is 0. The molecule has 2 amide bonds. The van der Waals surface area contributed by atoms with Crippen molar-refractivity contribution in [1.29, 1.82) is 0 Å². The number of halogens is 1. The quantitative estimate of drug-likeness (QED) is 0.575. The van der Waals surface area contributed by atoms with Crippen LogP contribution in [0.15, 0.2) is 30.3 Å². The molecule has 1 aliphatic heterocycles. The van der Waals surface area contributed by atoms with E-state index in [-0.39, 0.29) is 21.2 Å². The molecule has 0 bridgehead atoms. The highest BCUT2D eigenvalue weighted by atomic mass is 35.5. The van der Waals surface area contributed by atoms with E-state index in [1.165, 1.54) is 0 Å². The zero-order chi connectivity index (χ0) is 12.2. The molecule has 4 nitrogen and oxygen atoms in total. The molecule has 0 fully saturated rings. The van der Waals surface area contributed by atoms with Crippen molar-refractivity contribution in [2.24, 2.45) is 0 Å². The molecule has 0 atom stereocenters. The van der Waals surface area contributed by atoms with E-state index >= 15 is 0 Å². The van der Waals surface area contributed by atoms with Crippen molar-refractivity contribution in [1.82, 2.24) is 5.06 Å². The van der Waals surface area contributed by atoms with Gasteiger partial charge >= 0.3 is 0 Å². The third kappa shape index (κ3) is 1.22. The molecule has 0 aromatic heterocycles. The van der Waals surface area contributed by atoms with E-state index in [9.17, 15) is 14.8 Å². The molecule has 3 rings (SSSR count). The number of benzene rings is 2. The van der Waals surface area contributed by atoms with Gasteiger partial charge in [0.2, 0.25) is 0 Å². The maximum Gasteiger partial charge on any atom is 0.287 e. The summed E-state index contributed by atoms with van der Waals surface area (Å²) in [6, 6.07) is 8.69. The number of carbonyl (C=O) groups excluding carboxylic acids is 2. The van der Waals surface area contributed by atoms with E-state index in [1.54, 1.807) is 24.3 Å². The minimum Gasteiger partial charge on any atom is -0.278 e. The summed E-state index contributed by atoms with van der Waals surface area (Å²) in [6.45, 7) is 0. The van der Waals surface area contributed by atoms with Gasteiger partial charge in [-0.1, -0.05) is 35.9 Å². The average molecular weight is 248 g/mol. The lowest BCUT2D eigenvalue weighted by Gasteiger charge is -2.03. The molecule has 2 aromatic rings. The molecule has 0 spiro atoms. The predicted octanol–water partition coefficient (Wildman–Crippen LogP) is 2.48. The van der Waals surface area contributed by atoms with E-state index < -0.39 is 11.8 Å². The van der Waals surface area contributed by atoms with Crippen LogP contribution < -0.4 is 0 Å². The minimum absolute atomic E-state index is 0.0675. The number of amides is 2. The van der Waals surface area contributed by atoms with Gasteiger partial charge in [-0.15, -0.1) is 5.06 Å². The van der Waals surface area contributed by atoms with Crippen LogP contribution in [-0.2, 0) is 0 Å². The van der Waals surface area contributed by atoms with Crippen LogP contribution in [0, 0.1) is 0 Å². The van der Waals surface area contributed by atoms with Crippen molar-refractivity contribution in [2.75, 3.05) is 0 Å². The first-order valence-electron chi connectivity index (χ1n) is 4.90. The summed E-state index contributed by atoms with van der Waals surface area (Å²) in [5.74, 6) is -1.51. The van der Waals surface area contributed by atoms with E-state index in [2.05, 4.69) is 0 Å². The van der Waals surface area contributed by atoms with Gasteiger partial charge in [-0.3, -0.25) is 14.8 Å². The Morgan fingerprint density at radius 3 is 2.47 bits per heavy atom. The Labute approximate surface area is 101 Å². The van der Waals surface area contributed by atoms with Crippen molar-refractivity contribution in [3.8, 4) is 0 Å². The second-order valence-electron chi connectivity index (χ2n) is 3.75. The van der Waals surface area contributed by atoms with Gasteiger partial charge in [-0.05, 0) is 16.8 Å². The normalized spacial score (nSPS) is 14.6. The molecule has 1 heterocycles. The summed E-state index contributed by atoms with van der Waals surface area (Å²) in [5, 5.41) is 11.0. The first-order chi connectivity index (χ1) is 8.11. The van der Waals surface area contributed by atoms with Gasteiger partial charge in [0.05, 0.1) is 16.1 Å². The van der Waals surface area contributed by atoms with E-state index in [1.807, 2.05) is 6.07 Å². The Balaban J connectivity index is 2.51. The van der Waals surface area contributed by atoms with Crippen LogP contribution in [0.3, 0.4) is 0 Å². The van der Waals surface area contributed by atoms with Crippen LogP contribution >= 0.6 is 11.6 Å². The van der Waals surface area contributed by atoms with Crippen LogP contribution in [0.2, 0.25) is 5.02 Å². The third-order valence-electron chi connectivity index (χ3n) is 2.81. The Morgan fingerprint density at radius 2 is 1.71 bits per heavy atom. The smallest absolute Gasteiger partial charge is 0.278 e. The van der Waals surface area contributed by atoms with Crippen LogP contribution in [-0.4, -0.2) is 22.1 Å². The number of hydrogen-bond donors (Lipinski definition) is 1. The molecular weight excluding hydrogens is 242 g/mol. The number of hydroxylamine groups is 2. The van der Waals surface area contributed by atoms with Gasteiger partial charge in [0, 0.05) is 0 Å². The summed E-state index contributed by atoms with van der Waals surface area (Å²) >= 11 is 5.96. The predicted molar refractivity (Wildman–Crippen MR) is 61.2 cm³/mol. The molecule has 0 saturated heterocycles. The van der Waals surface area contributed by atoms with Crippen LogP contribution in [0.25, 0.3) is 10.8 Å². The fourth-order valence-corrected chi connectivity index (χ4v) is 2.34. The summed E-state index contributed by atoms with van der Waals surface area (Å²) in [6.07, 6.45) is 0. The van der Waals surface area contributed by atoms with Gasteiger partial charge in [-0.2, -0.15) is 0 Å². The van der Waals surface area contributed by atoms with Gasteiger partial charge < -0.3 is 0 Å². The second-order valence-corrected chi connectivity index (χ2v) is 4.16. The maximum absolute atomic E-state index is 11.8. The molecule has 17 heavy (non-hydrogen) atoms. The van der Waals surface area contributed by atoms with Crippen molar-refractivity contribution in [3.05, 3.63) is 46.5 Å². The molecule has 0 aliphatic carbocycles. The van der Waals surface area contributed by atoms with Gasteiger partial charge in [0.25, 0.3) is 11.8 Å². The standard InChI is InChI=1S/C12H6ClNO3/c13-8-5-6-3-1-2-4-7(6)9-10(8)12(16)14(17)11(9)15/h1-5,17H. The number of nitrogens with zero attached hydrogens (tertiary/aromatic N) is 1. The molecule has 84 valence electrons. The first kappa shape index (κ1) is 10.3. The Hall–Kier alpha value is -1.91. The van der Waals surface area contributed by atoms with E-state index in [0.717, 1.165) is 5.39 Å². The highest BCUT2D eigenvalue weighted by Gasteiger charge is 2.38. The minimum atomic E-state index is -0.777. The number of hydrogen-bond acceptors (Lipinski definition) is 3. The molecule has 0 radical (unpaired) electrons. The van der Waals surface area contributed by atoms with Crippen molar-refractivity contribution < 1.29 is 14.8 Å². The fourth-order valence-electron chi connectivity index (χ4n) is 2.05. The Morgan fingerprint density at radius 1 is 1.06 bits per heavy atom. The first-order valence-corrected chi connectivity index (χ1v) is 5.28. The van der Waals surface area contributed by atoms with Gasteiger partial charge in [0.15, 0.2) is 0 Å². The maximum atomic E-state index is 11.8. The molecule has 0 saturated carbocycles. The Kier molecular flexibility index (Phi) is 1.98. The van der Waals surface area contributed by atoms with Crippen molar-refractivity contribution in [2.45, 2.75) is 0 Å². The highest BCUT2D eigenvalue weighted by molar-refractivity contribution is 6.39. The van der Waals surface area contributed by atoms with E-state index in [4.69, 9.17) is 11.6 Å². The molecule has 1 aliphatic rings. The van der Waals surface area contributed by atoms with Crippen molar-refractivity contribution >= 4 is 34.2 Å². The van der Waals surface area contributed by atoms with Crippen LogP contribution in [0.5, 0.6) is 0 Å². The largest absolute Gasteiger partial charge is 0.287 e. The summed E-state index contributed by atoms with van der Waals surface area (Å²) in [4.78, 5) is 23.4. The lowest BCUT2D eigenvalue weighted by molar-refractivity contribution is -0.0326.